The highest BCUT2D eigenvalue weighted by Crippen LogP contribution is 2.23. The number of benzene rings is 2. The second kappa shape index (κ2) is 14.4. The number of amides is 3. The third-order valence-electron chi connectivity index (χ3n) is 7.44. The van der Waals surface area contributed by atoms with Crippen molar-refractivity contribution < 1.29 is 33.4 Å². The molecule has 2 fully saturated rings. The molecular formula is C34H46N4O7. The predicted octanol–water partition coefficient (Wildman–Crippen LogP) is 4.54. The number of nitrogens with zero attached hydrogens (tertiary/aromatic N) is 2. The molecule has 4 rings (SSSR count). The number of carbonyl (C=O) groups is 4. The minimum atomic E-state index is -0.958. The Kier molecular flexibility index (Phi) is 10.9. The number of rotatable bonds is 8. The normalized spacial score (nSPS) is 17.4. The fourth-order valence-corrected chi connectivity index (χ4v) is 5.29. The zero-order valence-electron chi connectivity index (χ0n) is 27.2. The third kappa shape index (κ3) is 10.3. The average Bonchev–Trinajstić information content (AvgIpc) is 2.96. The van der Waals surface area contributed by atoms with Gasteiger partial charge in [-0.1, -0.05) is 12.1 Å². The summed E-state index contributed by atoms with van der Waals surface area (Å²) in [6, 6.07) is 13.2. The number of ether oxygens (including phenoxy) is 3. The van der Waals surface area contributed by atoms with E-state index in [2.05, 4.69) is 15.5 Å². The Labute approximate surface area is 265 Å². The maximum absolute atomic E-state index is 13.4. The molecule has 2 aromatic rings. The van der Waals surface area contributed by atoms with Crippen LogP contribution in [0.2, 0.25) is 0 Å². The van der Waals surface area contributed by atoms with Crippen molar-refractivity contribution >= 4 is 35.3 Å². The van der Waals surface area contributed by atoms with E-state index >= 15 is 0 Å². The molecule has 1 unspecified atom stereocenters. The summed E-state index contributed by atoms with van der Waals surface area (Å²) in [5.41, 5.74) is 1.03. The third-order valence-corrected chi connectivity index (χ3v) is 7.44. The molecule has 0 aromatic heterocycles. The Bertz CT molecular complexity index is 1340. The Balaban J connectivity index is 1.41. The lowest BCUT2D eigenvalue weighted by molar-refractivity contribution is -0.122. The molecule has 2 aromatic carbocycles. The van der Waals surface area contributed by atoms with Gasteiger partial charge < -0.3 is 29.7 Å². The van der Waals surface area contributed by atoms with E-state index in [0.717, 1.165) is 43.9 Å². The molecular weight excluding hydrogens is 576 g/mol. The minimum Gasteiger partial charge on any atom is -0.456 e. The summed E-state index contributed by atoms with van der Waals surface area (Å²) in [5.74, 6) is -0.854. The Hall–Kier alpha value is -3.96. The second-order valence-corrected chi connectivity index (χ2v) is 13.5. The van der Waals surface area contributed by atoms with Crippen molar-refractivity contribution in [2.45, 2.75) is 84.1 Å². The number of nitrogens with one attached hydrogen (secondary N) is 2. The van der Waals surface area contributed by atoms with Crippen LogP contribution in [0.5, 0.6) is 0 Å². The molecule has 2 saturated heterocycles. The molecule has 11 heteroatoms. The molecule has 2 N–H and O–H groups in total. The summed E-state index contributed by atoms with van der Waals surface area (Å²) in [7, 11) is 0. The summed E-state index contributed by atoms with van der Waals surface area (Å²) in [6.45, 7) is 13.9. The van der Waals surface area contributed by atoms with Gasteiger partial charge in [-0.15, -0.1) is 0 Å². The number of hydrogen-bond donors (Lipinski definition) is 2. The van der Waals surface area contributed by atoms with Crippen molar-refractivity contribution in [3.05, 3.63) is 59.7 Å². The van der Waals surface area contributed by atoms with Crippen LogP contribution < -0.4 is 15.5 Å². The summed E-state index contributed by atoms with van der Waals surface area (Å²) in [6.07, 6.45) is 1.37. The number of carbonyl (C=O) groups excluding carboxylic acids is 4. The van der Waals surface area contributed by atoms with Gasteiger partial charge in [0.05, 0.1) is 12.1 Å². The molecule has 0 bridgehead atoms. The lowest BCUT2D eigenvalue weighted by atomic mass is 10.0. The maximum atomic E-state index is 13.4. The van der Waals surface area contributed by atoms with E-state index in [1.165, 1.54) is 0 Å². The van der Waals surface area contributed by atoms with Gasteiger partial charge in [-0.25, -0.2) is 9.59 Å². The average molecular weight is 623 g/mol. The van der Waals surface area contributed by atoms with Gasteiger partial charge in [0.25, 0.3) is 0 Å². The van der Waals surface area contributed by atoms with Crippen molar-refractivity contribution in [2.24, 2.45) is 0 Å². The first-order chi connectivity index (χ1) is 21.2. The molecule has 0 radical (unpaired) electrons. The van der Waals surface area contributed by atoms with Gasteiger partial charge in [-0.2, -0.15) is 0 Å². The van der Waals surface area contributed by atoms with Gasteiger partial charge in [-0.05, 0) is 96.3 Å². The molecule has 1 atom stereocenters. The number of alkyl carbamates (subject to hydrolysis) is 1. The molecule has 0 saturated carbocycles. The van der Waals surface area contributed by atoms with Crippen LogP contribution in [0.15, 0.2) is 48.5 Å². The van der Waals surface area contributed by atoms with Crippen LogP contribution in [-0.4, -0.2) is 84.9 Å². The van der Waals surface area contributed by atoms with Crippen molar-refractivity contribution in [3.8, 4) is 0 Å². The first-order valence-corrected chi connectivity index (χ1v) is 15.5. The van der Waals surface area contributed by atoms with E-state index in [-0.39, 0.29) is 12.3 Å². The van der Waals surface area contributed by atoms with Crippen LogP contribution in [0.25, 0.3) is 0 Å². The van der Waals surface area contributed by atoms with E-state index in [4.69, 9.17) is 14.2 Å². The summed E-state index contributed by atoms with van der Waals surface area (Å²) in [5, 5.41) is 5.51. The topological polar surface area (TPSA) is 127 Å². The molecule has 2 heterocycles. The number of piperazine rings is 1. The van der Waals surface area contributed by atoms with Gasteiger partial charge in [0.1, 0.15) is 17.2 Å². The predicted molar refractivity (Wildman–Crippen MR) is 171 cm³/mol. The fourth-order valence-electron chi connectivity index (χ4n) is 5.29. The van der Waals surface area contributed by atoms with E-state index in [9.17, 15) is 19.2 Å². The maximum Gasteiger partial charge on any atom is 0.408 e. The standard InChI is InChI=1S/C34H46N4O7/c1-33(2,3)44-31(41)24-9-11-25(12-10-24)35-30(40)28(36-32(42)45-34(4,5)6)21-23-7-13-27(14-8-23)38-18-17-37(22-29(38)39)26-15-19-43-20-16-26/h7-14,26,28H,15-22H2,1-6H3,(H,35,40)(H,36,42). The van der Waals surface area contributed by atoms with Crippen LogP contribution in [0, 0.1) is 0 Å². The van der Waals surface area contributed by atoms with Crippen LogP contribution in [-0.2, 0) is 30.2 Å². The number of anilines is 2. The van der Waals surface area contributed by atoms with Gasteiger partial charge in [0.15, 0.2) is 0 Å². The zero-order valence-corrected chi connectivity index (χ0v) is 27.2. The Morgan fingerprint density at radius 1 is 0.889 bits per heavy atom. The smallest absolute Gasteiger partial charge is 0.408 e. The quantitative estimate of drug-likeness (QED) is 0.411. The van der Waals surface area contributed by atoms with Gasteiger partial charge in [0.2, 0.25) is 11.8 Å². The van der Waals surface area contributed by atoms with Crippen molar-refractivity contribution in [1.29, 1.82) is 0 Å². The highest BCUT2D eigenvalue weighted by atomic mass is 16.6. The highest BCUT2D eigenvalue weighted by molar-refractivity contribution is 5.98. The second-order valence-electron chi connectivity index (χ2n) is 13.5. The SMILES string of the molecule is CC(C)(C)OC(=O)NC(Cc1ccc(N2CCN(C3CCOCC3)CC2=O)cc1)C(=O)Nc1ccc(C(=O)OC(C)(C)C)cc1. The molecule has 0 spiro atoms. The first-order valence-electron chi connectivity index (χ1n) is 15.5. The van der Waals surface area contributed by atoms with Crippen LogP contribution >= 0.6 is 0 Å². The Morgan fingerprint density at radius 2 is 1.51 bits per heavy atom. The zero-order chi connectivity index (χ0) is 32.8. The summed E-state index contributed by atoms with van der Waals surface area (Å²) in [4.78, 5) is 55.5. The monoisotopic (exact) mass is 622 g/mol. The molecule has 45 heavy (non-hydrogen) atoms. The van der Waals surface area contributed by atoms with E-state index < -0.39 is 35.2 Å². The van der Waals surface area contributed by atoms with Gasteiger partial charge in [0, 0.05) is 50.1 Å². The van der Waals surface area contributed by atoms with E-state index in [1.54, 1.807) is 70.7 Å². The van der Waals surface area contributed by atoms with Crippen LogP contribution in [0.1, 0.15) is 70.3 Å². The number of esters is 1. The molecule has 2 aliphatic heterocycles. The highest BCUT2D eigenvalue weighted by Gasteiger charge is 2.31. The lowest BCUT2D eigenvalue weighted by Crippen LogP contribution is -2.54. The van der Waals surface area contributed by atoms with Gasteiger partial charge in [-0.3, -0.25) is 14.5 Å². The summed E-state index contributed by atoms with van der Waals surface area (Å²) >= 11 is 0. The van der Waals surface area contributed by atoms with Gasteiger partial charge >= 0.3 is 12.1 Å². The van der Waals surface area contributed by atoms with Crippen LogP contribution in [0.4, 0.5) is 16.2 Å². The Morgan fingerprint density at radius 3 is 2.09 bits per heavy atom. The molecule has 3 amide bonds. The van der Waals surface area contributed by atoms with E-state index in [0.29, 0.717) is 30.4 Å². The van der Waals surface area contributed by atoms with E-state index in [1.807, 2.05) is 24.3 Å². The molecule has 244 valence electrons. The minimum absolute atomic E-state index is 0.0574. The number of hydrogen-bond acceptors (Lipinski definition) is 8. The lowest BCUT2D eigenvalue weighted by Gasteiger charge is -2.40. The van der Waals surface area contributed by atoms with Crippen LogP contribution in [0.3, 0.4) is 0 Å². The van der Waals surface area contributed by atoms with Crippen molar-refractivity contribution in [2.75, 3.05) is 43.1 Å². The molecule has 0 aliphatic carbocycles. The molecule has 11 nitrogen and oxygen atoms in total. The molecule has 2 aliphatic rings. The van der Waals surface area contributed by atoms with Crippen molar-refractivity contribution in [3.63, 3.8) is 0 Å². The summed E-state index contributed by atoms with van der Waals surface area (Å²) < 4.78 is 16.3. The largest absolute Gasteiger partial charge is 0.456 e. The van der Waals surface area contributed by atoms with Crippen molar-refractivity contribution in [1.82, 2.24) is 10.2 Å². The fraction of sp³-hybridized carbons (Fsp3) is 0.529. The first kappa shape index (κ1) is 33.9.